The van der Waals surface area contributed by atoms with Crippen LogP contribution >= 0.6 is 0 Å². The lowest BCUT2D eigenvalue weighted by Crippen LogP contribution is -2.32. The van der Waals surface area contributed by atoms with E-state index in [0.717, 1.165) is 31.2 Å². The molecule has 0 radical (unpaired) electrons. The number of nitrogens with two attached hydrogens (primary N) is 1. The minimum atomic E-state index is -0.383. The van der Waals surface area contributed by atoms with Crippen LogP contribution < -0.4 is 15.2 Å². The summed E-state index contributed by atoms with van der Waals surface area (Å²) in [6, 6.07) is 3.40. The van der Waals surface area contributed by atoms with Crippen molar-refractivity contribution in [3.8, 4) is 11.5 Å². The molecule has 0 amide bonds. The Balaban J connectivity index is 2.48. The fourth-order valence-electron chi connectivity index (χ4n) is 2.89. The Morgan fingerprint density at radius 2 is 1.89 bits per heavy atom. The van der Waals surface area contributed by atoms with Crippen LogP contribution in [0.25, 0.3) is 0 Å². The van der Waals surface area contributed by atoms with Gasteiger partial charge in [-0.1, -0.05) is 12.8 Å². The van der Waals surface area contributed by atoms with Gasteiger partial charge in [0.25, 0.3) is 0 Å². The summed E-state index contributed by atoms with van der Waals surface area (Å²) in [7, 11) is 2.96. The van der Waals surface area contributed by atoms with Gasteiger partial charge in [-0.3, -0.25) is 0 Å². The summed E-state index contributed by atoms with van der Waals surface area (Å²) < 4.78 is 24.2. The highest BCUT2D eigenvalue weighted by molar-refractivity contribution is 5.47. The van der Waals surface area contributed by atoms with E-state index in [9.17, 15) is 4.39 Å². The van der Waals surface area contributed by atoms with E-state index in [1.54, 1.807) is 6.07 Å². The first-order valence-electron chi connectivity index (χ1n) is 6.29. The molecule has 0 spiro atoms. The third-order valence-corrected chi connectivity index (χ3v) is 4.00. The fraction of sp³-hybridized carbons (Fsp3) is 0.571. The standard InChI is InChI=1S/C14H20FNO2/c1-17-12-8-10(7-11(15)13(12)18-2)14(9-16)5-3-4-6-14/h7-8H,3-6,9,16H2,1-2H3. The van der Waals surface area contributed by atoms with Gasteiger partial charge in [-0.05, 0) is 30.5 Å². The Labute approximate surface area is 107 Å². The molecule has 1 aromatic rings. The Morgan fingerprint density at radius 1 is 1.22 bits per heavy atom. The molecule has 0 aliphatic heterocycles. The zero-order valence-corrected chi connectivity index (χ0v) is 11.0. The molecule has 0 aromatic heterocycles. The molecule has 1 aliphatic carbocycles. The van der Waals surface area contributed by atoms with Crippen molar-refractivity contribution >= 4 is 0 Å². The molecule has 0 atom stereocenters. The van der Waals surface area contributed by atoms with Crippen LogP contribution in [0.1, 0.15) is 31.2 Å². The molecule has 2 N–H and O–H groups in total. The molecular weight excluding hydrogens is 233 g/mol. The second kappa shape index (κ2) is 5.14. The van der Waals surface area contributed by atoms with Crippen molar-refractivity contribution in [2.45, 2.75) is 31.1 Å². The van der Waals surface area contributed by atoms with Gasteiger partial charge < -0.3 is 15.2 Å². The van der Waals surface area contributed by atoms with Crippen LogP contribution in [-0.4, -0.2) is 20.8 Å². The van der Waals surface area contributed by atoms with Gasteiger partial charge in [0.2, 0.25) is 0 Å². The molecule has 0 saturated heterocycles. The average molecular weight is 253 g/mol. The van der Waals surface area contributed by atoms with Crippen molar-refractivity contribution in [1.29, 1.82) is 0 Å². The molecule has 1 aliphatic rings. The highest BCUT2D eigenvalue weighted by Gasteiger charge is 2.35. The Hall–Kier alpha value is -1.29. The summed E-state index contributed by atoms with van der Waals surface area (Å²) in [5, 5.41) is 0. The Morgan fingerprint density at radius 3 is 2.39 bits per heavy atom. The maximum Gasteiger partial charge on any atom is 0.196 e. The Bertz CT molecular complexity index is 428. The highest BCUT2D eigenvalue weighted by atomic mass is 19.1. The number of hydrogen-bond acceptors (Lipinski definition) is 3. The van der Waals surface area contributed by atoms with Crippen molar-refractivity contribution in [3.05, 3.63) is 23.5 Å². The van der Waals surface area contributed by atoms with E-state index in [2.05, 4.69) is 0 Å². The molecule has 18 heavy (non-hydrogen) atoms. The van der Waals surface area contributed by atoms with Crippen molar-refractivity contribution in [1.82, 2.24) is 0 Å². The molecule has 100 valence electrons. The van der Waals surface area contributed by atoms with Crippen LogP contribution in [-0.2, 0) is 5.41 Å². The van der Waals surface area contributed by atoms with Gasteiger partial charge in [0, 0.05) is 12.0 Å². The predicted molar refractivity (Wildman–Crippen MR) is 68.7 cm³/mol. The molecule has 0 heterocycles. The second-order valence-corrected chi connectivity index (χ2v) is 4.89. The first-order valence-corrected chi connectivity index (χ1v) is 6.29. The lowest BCUT2D eigenvalue weighted by molar-refractivity contribution is 0.334. The number of rotatable bonds is 4. The van der Waals surface area contributed by atoms with Crippen LogP contribution in [0.4, 0.5) is 4.39 Å². The quantitative estimate of drug-likeness (QED) is 0.897. The van der Waals surface area contributed by atoms with Gasteiger partial charge in [-0.15, -0.1) is 0 Å². The van der Waals surface area contributed by atoms with E-state index < -0.39 is 0 Å². The van der Waals surface area contributed by atoms with Gasteiger partial charge >= 0.3 is 0 Å². The van der Waals surface area contributed by atoms with Crippen molar-refractivity contribution < 1.29 is 13.9 Å². The van der Waals surface area contributed by atoms with Crippen molar-refractivity contribution in [3.63, 3.8) is 0 Å². The monoisotopic (exact) mass is 253 g/mol. The topological polar surface area (TPSA) is 44.5 Å². The summed E-state index contributed by atoms with van der Waals surface area (Å²) >= 11 is 0. The lowest BCUT2D eigenvalue weighted by Gasteiger charge is -2.28. The molecule has 2 rings (SSSR count). The van der Waals surface area contributed by atoms with Gasteiger partial charge in [0.05, 0.1) is 14.2 Å². The van der Waals surface area contributed by atoms with Gasteiger partial charge in [-0.25, -0.2) is 4.39 Å². The van der Waals surface area contributed by atoms with Crippen LogP contribution in [0.2, 0.25) is 0 Å². The van der Waals surface area contributed by atoms with Crippen LogP contribution in [0, 0.1) is 5.82 Å². The normalized spacial score (nSPS) is 17.8. The van der Waals surface area contributed by atoms with E-state index in [0.29, 0.717) is 12.3 Å². The predicted octanol–water partition coefficient (Wildman–Crippen LogP) is 2.61. The van der Waals surface area contributed by atoms with E-state index in [1.165, 1.54) is 14.2 Å². The molecule has 4 heteroatoms. The van der Waals surface area contributed by atoms with Gasteiger partial charge in [0.15, 0.2) is 17.3 Å². The smallest absolute Gasteiger partial charge is 0.196 e. The van der Waals surface area contributed by atoms with Crippen molar-refractivity contribution in [2.24, 2.45) is 5.73 Å². The summed E-state index contributed by atoms with van der Waals surface area (Å²) in [5.74, 6) is 0.213. The molecule has 0 unspecified atom stereocenters. The minimum Gasteiger partial charge on any atom is -0.493 e. The second-order valence-electron chi connectivity index (χ2n) is 4.89. The van der Waals surface area contributed by atoms with E-state index in [4.69, 9.17) is 15.2 Å². The van der Waals surface area contributed by atoms with E-state index >= 15 is 0 Å². The lowest BCUT2D eigenvalue weighted by atomic mass is 9.79. The number of hydrogen-bond donors (Lipinski definition) is 1. The number of benzene rings is 1. The Kier molecular flexibility index (Phi) is 3.76. The zero-order chi connectivity index (χ0) is 13.2. The first kappa shape index (κ1) is 13.1. The first-order chi connectivity index (χ1) is 8.66. The summed E-state index contributed by atoms with van der Waals surface area (Å²) in [4.78, 5) is 0. The fourth-order valence-corrected chi connectivity index (χ4v) is 2.89. The maximum atomic E-state index is 14.0. The molecule has 1 saturated carbocycles. The van der Waals surface area contributed by atoms with E-state index in [-0.39, 0.29) is 17.0 Å². The summed E-state index contributed by atoms with van der Waals surface area (Å²) in [5.41, 5.74) is 6.75. The minimum absolute atomic E-state index is 0.0968. The molecule has 0 bridgehead atoms. The zero-order valence-electron chi connectivity index (χ0n) is 11.0. The van der Waals surface area contributed by atoms with E-state index in [1.807, 2.05) is 6.07 Å². The average Bonchev–Trinajstić information content (AvgIpc) is 2.87. The number of halogens is 1. The SMILES string of the molecule is COc1cc(C2(CN)CCCC2)cc(F)c1OC. The maximum absolute atomic E-state index is 14.0. The van der Waals surface area contributed by atoms with Gasteiger partial charge in [0.1, 0.15) is 0 Å². The van der Waals surface area contributed by atoms with Gasteiger partial charge in [-0.2, -0.15) is 0 Å². The number of ether oxygens (including phenoxy) is 2. The van der Waals surface area contributed by atoms with Crippen LogP contribution in [0.5, 0.6) is 11.5 Å². The molecule has 1 fully saturated rings. The molecule has 3 nitrogen and oxygen atoms in total. The van der Waals surface area contributed by atoms with Crippen LogP contribution in [0.3, 0.4) is 0 Å². The third kappa shape index (κ3) is 2.05. The highest BCUT2D eigenvalue weighted by Crippen LogP contribution is 2.43. The van der Waals surface area contributed by atoms with Crippen LogP contribution in [0.15, 0.2) is 12.1 Å². The third-order valence-electron chi connectivity index (χ3n) is 4.00. The number of methoxy groups -OCH3 is 2. The molecule has 1 aromatic carbocycles. The summed E-state index contributed by atoms with van der Waals surface area (Å²) in [6.07, 6.45) is 4.32. The van der Waals surface area contributed by atoms with Crippen molar-refractivity contribution in [2.75, 3.05) is 20.8 Å². The largest absolute Gasteiger partial charge is 0.493 e. The summed E-state index contributed by atoms with van der Waals surface area (Å²) in [6.45, 7) is 0.544. The molecular formula is C14H20FNO2.